The molecule has 3 nitrogen and oxygen atoms in total. The molecule has 0 aromatic heterocycles. The Kier molecular flexibility index (Phi) is 3.62. The molecule has 0 aliphatic carbocycles. The minimum atomic E-state index is -0.392. The zero-order valence-electron chi connectivity index (χ0n) is 8.21. The molecule has 1 rings (SSSR count). The smallest absolute Gasteiger partial charge is 0.307 e. The summed E-state index contributed by atoms with van der Waals surface area (Å²) in [6.07, 6.45) is 1.45. The summed E-state index contributed by atoms with van der Waals surface area (Å²) >= 11 is 1.91. The third-order valence-corrected chi connectivity index (χ3v) is 3.78. The van der Waals surface area contributed by atoms with Crippen LogP contribution < -0.4 is 5.73 Å². The quantitative estimate of drug-likeness (QED) is 0.696. The van der Waals surface area contributed by atoms with Gasteiger partial charge in [0.05, 0.1) is 13.5 Å². The van der Waals surface area contributed by atoms with E-state index in [2.05, 4.69) is 4.74 Å². The summed E-state index contributed by atoms with van der Waals surface area (Å²) in [5, 5.41) is 0. The molecule has 0 aromatic carbocycles. The van der Waals surface area contributed by atoms with Crippen molar-refractivity contribution in [3.8, 4) is 0 Å². The van der Waals surface area contributed by atoms with Crippen molar-refractivity contribution in [1.82, 2.24) is 0 Å². The van der Waals surface area contributed by atoms with Gasteiger partial charge < -0.3 is 10.5 Å². The molecule has 1 fully saturated rings. The highest BCUT2D eigenvalue weighted by Gasteiger charge is 2.34. The van der Waals surface area contributed by atoms with E-state index in [0.29, 0.717) is 12.3 Å². The second-order valence-electron chi connectivity index (χ2n) is 3.82. The summed E-state index contributed by atoms with van der Waals surface area (Å²) in [7, 11) is 1.40. The topological polar surface area (TPSA) is 52.3 Å². The molecular weight excluding hydrogens is 186 g/mol. The van der Waals surface area contributed by atoms with Crippen molar-refractivity contribution in [2.45, 2.75) is 25.3 Å². The molecule has 4 heteroatoms. The Morgan fingerprint density at radius 2 is 2.46 bits per heavy atom. The molecule has 13 heavy (non-hydrogen) atoms. The summed E-state index contributed by atoms with van der Waals surface area (Å²) in [6, 6.07) is 0. The van der Waals surface area contributed by atoms with Crippen molar-refractivity contribution < 1.29 is 9.53 Å². The van der Waals surface area contributed by atoms with Crippen molar-refractivity contribution >= 4 is 17.7 Å². The molecule has 0 spiro atoms. The summed E-state index contributed by atoms with van der Waals surface area (Å²) < 4.78 is 4.62. The highest BCUT2D eigenvalue weighted by Crippen LogP contribution is 2.32. The van der Waals surface area contributed by atoms with Gasteiger partial charge >= 0.3 is 5.97 Å². The number of nitrogens with two attached hydrogens (primary N) is 1. The van der Waals surface area contributed by atoms with Crippen LogP contribution in [0.25, 0.3) is 0 Å². The number of carbonyl (C=O) groups excluding carboxylic acids is 1. The lowest BCUT2D eigenvalue weighted by atomic mass is 9.83. The minimum absolute atomic E-state index is 0.207. The largest absolute Gasteiger partial charge is 0.469 e. The molecule has 1 saturated heterocycles. The number of thioether (sulfide) groups is 1. The Balaban J connectivity index is 2.48. The van der Waals surface area contributed by atoms with E-state index in [0.717, 1.165) is 12.2 Å². The number of rotatable bonds is 3. The summed E-state index contributed by atoms with van der Waals surface area (Å²) in [4.78, 5) is 11.1. The molecule has 1 aliphatic heterocycles. The van der Waals surface area contributed by atoms with Crippen molar-refractivity contribution in [2.75, 3.05) is 18.6 Å². The molecule has 0 amide bonds. The van der Waals surface area contributed by atoms with E-state index in [9.17, 15) is 4.79 Å². The van der Waals surface area contributed by atoms with Crippen molar-refractivity contribution in [1.29, 1.82) is 0 Å². The van der Waals surface area contributed by atoms with E-state index in [1.807, 2.05) is 18.7 Å². The number of methoxy groups -OCH3 is 1. The number of carbonyl (C=O) groups is 1. The van der Waals surface area contributed by atoms with Gasteiger partial charge in [-0.15, -0.1) is 0 Å². The van der Waals surface area contributed by atoms with Gasteiger partial charge in [0.2, 0.25) is 0 Å². The van der Waals surface area contributed by atoms with Crippen molar-refractivity contribution in [2.24, 2.45) is 11.7 Å². The Bertz CT molecular complexity index is 188. The molecule has 0 radical (unpaired) electrons. The van der Waals surface area contributed by atoms with Gasteiger partial charge in [-0.05, 0) is 30.8 Å². The Labute approximate surface area is 83.4 Å². The second kappa shape index (κ2) is 4.33. The zero-order valence-corrected chi connectivity index (χ0v) is 9.02. The first kappa shape index (κ1) is 10.9. The summed E-state index contributed by atoms with van der Waals surface area (Å²) in [6.45, 7) is 1.94. The second-order valence-corrected chi connectivity index (χ2v) is 4.97. The van der Waals surface area contributed by atoms with Crippen LogP contribution in [0, 0.1) is 5.92 Å². The van der Waals surface area contributed by atoms with Crippen LogP contribution in [-0.2, 0) is 9.53 Å². The van der Waals surface area contributed by atoms with Gasteiger partial charge in [-0.1, -0.05) is 0 Å². The van der Waals surface area contributed by atoms with E-state index < -0.39 is 5.54 Å². The van der Waals surface area contributed by atoms with Crippen LogP contribution in [0.15, 0.2) is 0 Å². The van der Waals surface area contributed by atoms with E-state index in [4.69, 9.17) is 5.73 Å². The highest BCUT2D eigenvalue weighted by atomic mass is 32.2. The SMILES string of the molecule is COC(=O)CC(C)(N)C1CCSC1. The fourth-order valence-corrected chi connectivity index (χ4v) is 3.03. The van der Waals surface area contributed by atoms with E-state index >= 15 is 0 Å². The van der Waals surface area contributed by atoms with Crippen LogP contribution in [0.1, 0.15) is 19.8 Å². The normalized spacial score (nSPS) is 26.8. The van der Waals surface area contributed by atoms with Gasteiger partial charge in [-0.25, -0.2) is 0 Å². The molecule has 76 valence electrons. The lowest BCUT2D eigenvalue weighted by Crippen LogP contribution is -2.46. The monoisotopic (exact) mass is 203 g/mol. The van der Waals surface area contributed by atoms with Gasteiger partial charge in [0, 0.05) is 5.54 Å². The molecule has 2 N–H and O–H groups in total. The maximum atomic E-state index is 11.1. The number of ether oxygens (including phenoxy) is 1. The van der Waals surface area contributed by atoms with Crippen molar-refractivity contribution in [3.05, 3.63) is 0 Å². The highest BCUT2D eigenvalue weighted by molar-refractivity contribution is 7.99. The molecule has 2 atom stereocenters. The first-order chi connectivity index (χ1) is 6.06. The van der Waals surface area contributed by atoms with Crippen LogP contribution in [-0.4, -0.2) is 30.1 Å². The van der Waals surface area contributed by atoms with E-state index in [1.54, 1.807) is 0 Å². The van der Waals surface area contributed by atoms with Crippen molar-refractivity contribution in [3.63, 3.8) is 0 Å². The van der Waals surface area contributed by atoms with Crippen LogP contribution in [0.4, 0.5) is 0 Å². The van der Waals surface area contributed by atoms with Crippen LogP contribution in [0.2, 0.25) is 0 Å². The number of hydrogen-bond acceptors (Lipinski definition) is 4. The fourth-order valence-electron chi connectivity index (χ4n) is 1.58. The fraction of sp³-hybridized carbons (Fsp3) is 0.889. The minimum Gasteiger partial charge on any atom is -0.469 e. The van der Waals surface area contributed by atoms with Gasteiger partial charge in [0.15, 0.2) is 0 Å². The van der Waals surface area contributed by atoms with Crippen LogP contribution >= 0.6 is 11.8 Å². The first-order valence-electron chi connectivity index (χ1n) is 4.49. The van der Waals surface area contributed by atoms with Crippen LogP contribution in [0.3, 0.4) is 0 Å². The third kappa shape index (κ3) is 2.88. The third-order valence-electron chi connectivity index (χ3n) is 2.62. The summed E-state index contributed by atoms with van der Waals surface area (Å²) in [5.74, 6) is 2.49. The van der Waals surface area contributed by atoms with Gasteiger partial charge in [0.1, 0.15) is 0 Å². The lowest BCUT2D eigenvalue weighted by molar-refractivity contribution is -0.142. The van der Waals surface area contributed by atoms with E-state index in [1.165, 1.54) is 12.9 Å². The first-order valence-corrected chi connectivity index (χ1v) is 5.65. The molecule has 1 heterocycles. The molecule has 1 aliphatic rings. The number of esters is 1. The molecular formula is C9H17NO2S. The maximum absolute atomic E-state index is 11.1. The Morgan fingerprint density at radius 1 is 1.77 bits per heavy atom. The summed E-state index contributed by atoms with van der Waals surface area (Å²) in [5.41, 5.74) is 5.69. The molecule has 2 unspecified atom stereocenters. The predicted molar refractivity (Wildman–Crippen MR) is 54.7 cm³/mol. The van der Waals surface area contributed by atoms with Gasteiger partial charge in [0.25, 0.3) is 0 Å². The lowest BCUT2D eigenvalue weighted by Gasteiger charge is -2.29. The zero-order chi connectivity index (χ0) is 9.90. The molecule has 0 bridgehead atoms. The van der Waals surface area contributed by atoms with E-state index in [-0.39, 0.29) is 5.97 Å². The standard InChI is InChI=1S/C9H17NO2S/c1-9(10,5-8(11)12-2)7-3-4-13-6-7/h7H,3-6,10H2,1-2H3. The average molecular weight is 203 g/mol. The molecule has 0 aromatic rings. The maximum Gasteiger partial charge on any atom is 0.307 e. The molecule has 0 saturated carbocycles. The Hall–Kier alpha value is -0.220. The average Bonchev–Trinajstić information content (AvgIpc) is 2.55. The predicted octanol–water partition coefficient (Wildman–Crippen LogP) is 1.02. The number of hydrogen-bond donors (Lipinski definition) is 1. The van der Waals surface area contributed by atoms with Gasteiger partial charge in [-0.3, -0.25) is 4.79 Å². The van der Waals surface area contributed by atoms with Gasteiger partial charge in [-0.2, -0.15) is 11.8 Å². The Morgan fingerprint density at radius 3 is 2.92 bits per heavy atom. The van der Waals surface area contributed by atoms with Crippen LogP contribution in [0.5, 0.6) is 0 Å².